The van der Waals surface area contributed by atoms with Crippen LogP contribution in [0.25, 0.3) is 11.1 Å². The van der Waals surface area contributed by atoms with Gasteiger partial charge in [-0.15, -0.1) is 0 Å². The van der Waals surface area contributed by atoms with E-state index >= 15 is 0 Å². The SMILES string of the molecule is CN1CCC(N2Cc3cc(O)ccc3-c3ccc(O)cc3S2(=O)=O)CC1. The van der Waals surface area contributed by atoms with Crippen LogP contribution in [0.2, 0.25) is 0 Å². The molecule has 0 saturated carbocycles. The summed E-state index contributed by atoms with van der Waals surface area (Å²) in [5, 5.41) is 19.8. The molecule has 0 aliphatic carbocycles. The van der Waals surface area contributed by atoms with Crippen molar-refractivity contribution in [1.29, 1.82) is 0 Å². The van der Waals surface area contributed by atoms with E-state index in [-0.39, 0.29) is 29.0 Å². The normalized spacial score (nSPS) is 21.0. The van der Waals surface area contributed by atoms with Gasteiger partial charge in [0.2, 0.25) is 10.0 Å². The predicted molar refractivity (Wildman–Crippen MR) is 98.5 cm³/mol. The summed E-state index contributed by atoms with van der Waals surface area (Å²) < 4.78 is 28.4. The zero-order valence-corrected chi connectivity index (χ0v) is 15.4. The van der Waals surface area contributed by atoms with Gasteiger partial charge in [0, 0.05) is 24.2 Å². The minimum absolute atomic E-state index is 0.0714. The fourth-order valence-electron chi connectivity index (χ4n) is 3.91. The van der Waals surface area contributed by atoms with Gasteiger partial charge in [0.15, 0.2) is 0 Å². The summed E-state index contributed by atoms with van der Waals surface area (Å²) in [5.74, 6) is 0.0459. The van der Waals surface area contributed by atoms with Gasteiger partial charge in [-0.3, -0.25) is 0 Å². The molecule has 0 bridgehead atoms. The molecule has 0 spiro atoms. The largest absolute Gasteiger partial charge is 0.508 e. The van der Waals surface area contributed by atoms with E-state index in [0.29, 0.717) is 5.56 Å². The van der Waals surface area contributed by atoms with Gasteiger partial charge in [-0.05, 0) is 68.4 Å². The molecule has 2 aliphatic heterocycles. The Labute approximate surface area is 153 Å². The Morgan fingerprint density at radius 1 is 0.962 bits per heavy atom. The fraction of sp³-hybridized carbons (Fsp3) is 0.368. The Morgan fingerprint density at radius 3 is 2.27 bits per heavy atom. The smallest absolute Gasteiger partial charge is 0.244 e. The first-order valence-corrected chi connectivity index (χ1v) is 10.2. The summed E-state index contributed by atoms with van der Waals surface area (Å²) in [5.41, 5.74) is 2.11. The van der Waals surface area contributed by atoms with Crippen molar-refractivity contribution < 1.29 is 18.6 Å². The lowest BCUT2D eigenvalue weighted by Gasteiger charge is -2.36. The number of benzene rings is 2. The van der Waals surface area contributed by atoms with Crippen LogP contribution in [-0.4, -0.2) is 54.0 Å². The molecule has 2 aromatic rings. The van der Waals surface area contributed by atoms with E-state index in [9.17, 15) is 18.6 Å². The number of likely N-dealkylation sites (tertiary alicyclic amines) is 1. The Balaban J connectivity index is 1.90. The number of fused-ring (bicyclic) bond motifs is 3. The van der Waals surface area contributed by atoms with Crippen molar-refractivity contribution in [1.82, 2.24) is 9.21 Å². The van der Waals surface area contributed by atoms with E-state index in [0.717, 1.165) is 37.1 Å². The maximum Gasteiger partial charge on any atom is 0.244 e. The molecule has 26 heavy (non-hydrogen) atoms. The Morgan fingerprint density at radius 2 is 1.58 bits per heavy atom. The van der Waals surface area contributed by atoms with Gasteiger partial charge in [0.1, 0.15) is 11.5 Å². The Hall–Kier alpha value is -2.09. The van der Waals surface area contributed by atoms with E-state index in [1.807, 2.05) is 7.05 Å². The van der Waals surface area contributed by atoms with Crippen molar-refractivity contribution in [2.24, 2.45) is 0 Å². The van der Waals surface area contributed by atoms with Crippen LogP contribution in [0.5, 0.6) is 11.5 Å². The number of nitrogens with zero attached hydrogens (tertiary/aromatic N) is 2. The lowest BCUT2D eigenvalue weighted by Crippen LogP contribution is -2.45. The molecular formula is C19H22N2O4S. The zero-order chi connectivity index (χ0) is 18.5. The van der Waals surface area contributed by atoms with E-state index in [2.05, 4.69) is 4.90 Å². The summed E-state index contributed by atoms with van der Waals surface area (Å²) in [6, 6.07) is 9.30. The molecule has 2 N–H and O–H groups in total. The van der Waals surface area contributed by atoms with Gasteiger partial charge >= 0.3 is 0 Å². The molecule has 0 aromatic heterocycles. The second kappa shape index (κ2) is 6.26. The highest BCUT2D eigenvalue weighted by atomic mass is 32.2. The first kappa shape index (κ1) is 17.3. The topological polar surface area (TPSA) is 81.1 Å². The highest BCUT2D eigenvalue weighted by Gasteiger charge is 2.38. The minimum atomic E-state index is -3.77. The van der Waals surface area contributed by atoms with E-state index in [1.165, 1.54) is 12.1 Å². The summed E-state index contributed by atoms with van der Waals surface area (Å²) >= 11 is 0. The summed E-state index contributed by atoms with van der Waals surface area (Å²) in [4.78, 5) is 2.32. The highest BCUT2D eigenvalue weighted by Crippen LogP contribution is 2.41. The quantitative estimate of drug-likeness (QED) is 0.801. The van der Waals surface area contributed by atoms with Gasteiger partial charge in [-0.25, -0.2) is 8.42 Å². The van der Waals surface area contributed by atoms with E-state index in [4.69, 9.17) is 0 Å². The third kappa shape index (κ3) is 2.86. The minimum Gasteiger partial charge on any atom is -0.508 e. The summed E-state index contributed by atoms with van der Waals surface area (Å²) in [6.45, 7) is 1.91. The molecule has 1 fully saturated rings. The Kier molecular flexibility index (Phi) is 4.17. The fourth-order valence-corrected chi connectivity index (χ4v) is 5.80. The molecule has 0 atom stereocenters. The second-order valence-electron chi connectivity index (χ2n) is 7.11. The highest BCUT2D eigenvalue weighted by molar-refractivity contribution is 7.89. The lowest BCUT2D eigenvalue weighted by atomic mass is 9.98. The van der Waals surface area contributed by atoms with Crippen LogP contribution in [0.4, 0.5) is 0 Å². The number of phenols is 2. The predicted octanol–water partition coefficient (Wildman–Crippen LogP) is 2.36. The third-order valence-corrected chi connectivity index (χ3v) is 7.29. The van der Waals surface area contributed by atoms with Gasteiger partial charge in [0.25, 0.3) is 0 Å². The number of hydrogen-bond donors (Lipinski definition) is 2. The van der Waals surface area contributed by atoms with Crippen LogP contribution in [-0.2, 0) is 16.6 Å². The molecule has 2 aliphatic rings. The van der Waals surface area contributed by atoms with Crippen LogP contribution < -0.4 is 0 Å². The third-order valence-electron chi connectivity index (χ3n) is 5.35. The molecule has 2 aromatic carbocycles. The van der Waals surface area contributed by atoms with Crippen molar-refractivity contribution in [3.05, 3.63) is 42.0 Å². The van der Waals surface area contributed by atoms with Crippen molar-refractivity contribution in [3.63, 3.8) is 0 Å². The van der Waals surface area contributed by atoms with Gasteiger partial charge < -0.3 is 15.1 Å². The van der Waals surface area contributed by atoms with Crippen LogP contribution in [0.3, 0.4) is 0 Å². The van der Waals surface area contributed by atoms with E-state index < -0.39 is 10.0 Å². The number of hydrogen-bond acceptors (Lipinski definition) is 5. The molecule has 6 nitrogen and oxygen atoms in total. The van der Waals surface area contributed by atoms with Gasteiger partial charge in [-0.1, -0.05) is 6.07 Å². The van der Waals surface area contributed by atoms with Crippen LogP contribution >= 0.6 is 0 Å². The number of aromatic hydroxyl groups is 2. The van der Waals surface area contributed by atoms with Crippen LogP contribution in [0.15, 0.2) is 41.3 Å². The molecule has 138 valence electrons. The Bertz CT molecular complexity index is 950. The maximum atomic E-state index is 13.4. The van der Waals surface area contributed by atoms with Crippen molar-refractivity contribution >= 4 is 10.0 Å². The number of phenolic OH excluding ortho intramolecular Hbond substituents is 2. The molecule has 7 heteroatoms. The number of rotatable bonds is 1. The molecule has 0 amide bonds. The summed E-state index contributed by atoms with van der Waals surface area (Å²) in [6.07, 6.45) is 1.52. The molecule has 2 heterocycles. The molecule has 0 unspecified atom stereocenters. The molecule has 0 radical (unpaired) electrons. The number of piperidine rings is 1. The first-order chi connectivity index (χ1) is 12.4. The lowest BCUT2D eigenvalue weighted by molar-refractivity contribution is 0.179. The van der Waals surface area contributed by atoms with Gasteiger partial charge in [-0.2, -0.15) is 4.31 Å². The standard InChI is InChI=1S/C19H22N2O4S/c1-20-8-6-14(7-9-20)21-12-13-10-15(22)2-4-17(13)18-5-3-16(23)11-19(18)26(21,24)25/h2-5,10-11,14,22-23H,6-9,12H2,1H3. The van der Waals surface area contributed by atoms with Crippen LogP contribution in [0.1, 0.15) is 18.4 Å². The molecule has 1 saturated heterocycles. The molecule has 4 rings (SSSR count). The number of sulfonamides is 1. The monoisotopic (exact) mass is 374 g/mol. The average Bonchev–Trinajstić information content (AvgIpc) is 2.69. The van der Waals surface area contributed by atoms with Crippen molar-refractivity contribution in [2.75, 3.05) is 20.1 Å². The zero-order valence-electron chi connectivity index (χ0n) is 14.6. The second-order valence-corrected chi connectivity index (χ2v) is 8.97. The van der Waals surface area contributed by atoms with Crippen molar-refractivity contribution in [3.8, 4) is 22.6 Å². The van der Waals surface area contributed by atoms with E-state index in [1.54, 1.807) is 28.6 Å². The van der Waals surface area contributed by atoms with Gasteiger partial charge in [0.05, 0.1) is 4.90 Å². The molecular weight excluding hydrogens is 352 g/mol. The maximum absolute atomic E-state index is 13.4. The summed E-state index contributed by atoms with van der Waals surface area (Å²) in [7, 11) is -1.73. The average molecular weight is 374 g/mol. The van der Waals surface area contributed by atoms with Crippen molar-refractivity contribution in [2.45, 2.75) is 30.3 Å². The van der Waals surface area contributed by atoms with Crippen LogP contribution in [0, 0.1) is 0 Å². The first-order valence-electron chi connectivity index (χ1n) is 8.72.